The normalized spacial score (nSPS) is 10.9. The Kier molecular flexibility index (Phi) is 4.28. The summed E-state index contributed by atoms with van der Waals surface area (Å²) in [7, 11) is 1.95. The van der Waals surface area contributed by atoms with Gasteiger partial charge >= 0.3 is 0 Å². The lowest BCUT2D eigenvalue weighted by molar-refractivity contribution is 0.664. The van der Waals surface area contributed by atoms with Crippen LogP contribution in [0.25, 0.3) is 0 Å². The number of thiazole rings is 1. The molecule has 0 bridgehead atoms. The molecule has 92 valence electrons. The Morgan fingerprint density at radius 3 is 2.82 bits per heavy atom. The van der Waals surface area contributed by atoms with Crippen LogP contribution in [0.2, 0.25) is 0 Å². The molecular formula is C12H18N4S. The zero-order chi connectivity index (χ0) is 12.1. The molecule has 0 saturated heterocycles. The summed E-state index contributed by atoms with van der Waals surface area (Å²) >= 11 is 1.74. The number of aryl methyl sites for hydroxylation is 2. The zero-order valence-corrected chi connectivity index (χ0v) is 11.1. The fourth-order valence-corrected chi connectivity index (χ4v) is 2.49. The first-order valence-corrected chi connectivity index (χ1v) is 6.72. The van der Waals surface area contributed by atoms with Gasteiger partial charge in [0.1, 0.15) is 0 Å². The van der Waals surface area contributed by atoms with E-state index in [0.717, 1.165) is 31.6 Å². The summed E-state index contributed by atoms with van der Waals surface area (Å²) in [6.45, 7) is 4.06. The number of hydrogen-bond donors (Lipinski definition) is 1. The van der Waals surface area contributed by atoms with Crippen molar-refractivity contribution in [3.63, 3.8) is 0 Å². The maximum Gasteiger partial charge on any atom is 0.0797 e. The van der Waals surface area contributed by atoms with E-state index in [1.807, 2.05) is 23.4 Å². The van der Waals surface area contributed by atoms with Gasteiger partial charge in [0, 0.05) is 37.6 Å². The van der Waals surface area contributed by atoms with Crippen molar-refractivity contribution in [2.75, 3.05) is 13.1 Å². The number of rotatable bonds is 6. The van der Waals surface area contributed by atoms with Crippen molar-refractivity contribution in [1.29, 1.82) is 0 Å². The van der Waals surface area contributed by atoms with Gasteiger partial charge in [-0.1, -0.05) is 0 Å². The zero-order valence-electron chi connectivity index (χ0n) is 10.3. The molecule has 0 radical (unpaired) electrons. The fraction of sp³-hybridized carbons (Fsp3) is 0.500. The van der Waals surface area contributed by atoms with Crippen LogP contribution in [0.3, 0.4) is 0 Å². The molecule has 2 heterocycles. The van der Waals surface area contributed by atoms with Crippen LogP contribution in [0, 0.1) is 6.92 Å². The summed E-state index contributed by atoms with van der Waals surface area (Å²) in [6, 6.07) is 2.06. The van der Waals surface area contributed by atoms with Gasteiger partial charge in [-0.3, -0.25) is 4.68 Å². The Morgan fingerprint density at radius 1 is 1.35 bits per heavy atom. The third kappa shape index (κ3) is 3.64. The van der Waals surface area contributed by atoms with E-state index in [0.29, 0.717) is 0 Å². The summed E-state index contributed by atoms with van der Waals surface area (Å²) in [5.41, 5.74) is 4.23. The molecule has 1 N–H and O–H groups in total. The fourth-order valence-electron chi connectivity index (χ4n) is 1.71. The van der Waals surface area contributed by atoms with Crippen LogP contribution < -0.4 is 5.32 Å². The molecule has 2 aromatic rings. The van der Waals surface area contributed by atoms with Gasteiger partial charge < -0.3 is 5.32 Å². The van der Waals surface area contributed by atoms with Gasteiger partial charge in [-0.25, -0.2) is 4.98 Å². The third-order valence-corrected chi connectivity index (χ3v) is 3.70. The molecule has 0 amide bonds. The topological polar surface area (TPSA) is 42.7 Å². The second-order valence-electron chi connectivity index (χ2n) is 4.09. The van der Waals surface area contributed by atoms with Crippen LogP contribution in [0.5, 0.6) is 0 Å². The van der Waals surface area contributed by atoms with Crippen LogP contribution in [0.15, 0.2) is 17.8 Å². The third-order valence-electron chi connectivity index (χ3n) is 2.70. The lowest BCUT2D eigenvalue weighted by Gasteiger charge is -2.02. The minimum Gasteiger partial charge on any atom is -0.316 e. The summed E-state index contributed by atoms with van der Waals surface area (Å²) < 4.78 is 1.84. The molecule has 0 saturated carbocycles. The highest BCUT2D eigenvalue weighted by atomic mass is 32.1. The molecule has 2 rings (SSSR count). The lowest BCUT2D eigenvalue weighted by atomic mass is 10.3. The van der Waals surface area contributed by atoms with E-state index in [4.69, 9.17) is 0 Å². The minimum absolute atomic E-state index is 0.981. The van der Waals surface area contributed by atoms with Crippen molar-refractivity contribution in [2.45, 2.75) is 19.8 Å². The minimum atomic E-state index is 0.981. The van der Waals surface area contributed by atoms with Crippen LogP contribution in [0.1, 0.15) is 16.3 Å². The van der Waals surface area contributed by atoms with Gasteiger partial charge in [-0.2, -0.15) is 5.10 Å². The standard InChI is InChI=1S/C12H18N4S/c1-10-12(17-9-14-10)4-7-13-6-3-11-5-8-16(2)15-11/h5,8-9,13H,3-4,6-7H2,1-2H3. The van der Waals surface area contributed by atoms with Crippen molar-refractivity contribution < 1.29 is 0 Å². The van der Waals surface area contributed by atoms with Crippen molar-refractivity contribution in [3.8, 4) is 0 Å². The predicted molar refractivity (Wildman–Crippen MR) is 70.3 cm³/mol. The second kappa shape index (κ2) is 5.93. The summed E-state index contributed by atoms with van der Waals surface area (Å²) in [6.07, 6.45) is 4.04. The predicted octanol–water partition coefficient (Wildman–Crippen LogP) is 1.56. The second-order valence-corrected chi connectivity index (χ2v) is 5.03. The SMILES string of the molecule is Cc1ncsc1CCNCCc1ccn(C)n1. The van der Waals surface area contributed by atoms with Crippen molar-refractivity contribution in [2.24, 2.45) is 7.05 Å². The molecule has 4 nitrogen and oxygen atoms in total. The van der Waals surface area contributed by atoms with E-state index in [-0.39, 0.29) is 0 Å². The first-order valence-electron chi connectivity index (χ1n) is 5.84. The molecular weight excluding hydrogens is 232 g/mol. The van der Waals surface area contributed by atoms with Gasteiger partial charge in [-0.15, -0.1) is 11.3 Å². The summed E-state index contributed by atoms with van der Waals surface area (Å²) in [5, 5.41) is 7.78. The highest BCUT2D eigenvalue weighted by Crippen LogP contribution is 2.11. The van der Waals surface area contributed by atoms with E-state index in [1.165, 1.54) is 10.6 Å². The van der Waals surface area contributed by atoms with E-state index in [2.05, 4.69) is 28.4 Å². The molecule has 5 heteroatoms. The number of nitrogens with zero attached hydrogens (tertiary/aromatic N) is 3. The number of aromatic nitrogens is 3. The van der Waals surface area contributed by atoms with E-state index in [1.54, 1.807) is 11.3 Å². The summed E-state index contributed by atoms with van der Waals surface area (Å²) in [5.74, 6) is 0. The Balaban J connectivity index is 1.62. The van der Waals surface area contributed by atoms with Gasteiger partial charge in [0.15, 0.2) is 0 Å². The number of hydrogen-bond acceptors (Lipinski definition) is 4. The van der Waals surface area contributed by atoms with E-state index in [9.17, 15) is 0 Å². The Morgan fingerprint density at radius 2 is 2.18 bits per heavy atom. The van der Waals surface area contributed by atoms with Crippen LogP contribution >= 0.6 is 11.3 Å². The average molecular weight is 250 g/mol. The number of nitrogens with one attached hydrogen (secondary N) is 1. The maximum absolute atomic E-state index is 4.34. The van der Waals surface area contributed by atoms with Crippen molar-refractivity contribution in [1.82, 2.24) is 20.1 Å². The van der Waals surface area contributed by atoms with Gasteiger partial charge in [-0.05, 0) is 19.4 Å². The molecule has 2 aromatic heterocycles. The molecule has 17 heavy (non-hydrogen) atoms. The highest BCUT2D eigenvalue weighted by molar-refractivity contribution is 7.09. The first-order chi connectivity index (χ1) is 8.25. The molecule has 0 aliphatic heterocycles. The Hall–Kier alpha value is -1.20. The first kappa shape index (κ1) is 12.3. The molecule has 0 spiro atoms. The Bertz CT molecular complexity index is 461. The smallest absolute Gasteiger partial charge is 0.0797 e. The molecule has 0 unspecified atom stereocenters. The highest BCUT2D eigenvalue weighted by Gasteiger charge is 2.00. The Labute approximate surface area is 106 Å². The largest absolute Gasteiger partial charge is 0.316 e. The molecule has 0 aliphatic rings. The van der Waals surface area contributed by atoms with Crippen molar-refractivity contribution in [3.05, 3.63) is 34.0 Å². The van der Waals surface area contributed by atoms with Gasteiger partial charge in [0.25, 0.3) is 0 Å². The molecule has 0 atom stereocenters. The summed E-state index contributed by atoms with van der Waals surface area (Å²) in [4.78, 5) is 5.63. The lowest BCUT2D eigenvalue weighted by Crippen LogP contribution is -2.20. The van der Waals surface area contributed by atoms with Crippen LogP contribution in [-0.4, -0.2) is 27.9 Å². The monoisotopic (exact) mass is 250 g/mol. The van der Waals surface area contributed by atoms with Crippen molar-refractivity contribution >= 4 is 11.3 Å². The van der Waals surface area contributed by atoms with Gasteiger partial charge in [0.05, 0.1) is 16.9 Å². The molecule has 0 fully saturated rings. The maximum atomic E-state index is 4.34. The molecule has 0 aliphatic carbocycles. The van der Waals surface area contributed by atoms with E-state index < -0.39 is 0 Å². The molecule has 0 aromatic carbocycles. The van der Waals surface area contributed by atoms with Crippen LogP contribution in [0.4, 0.5) is 0 Å². The van der Waals surface area contributed by atoms with Gasteiger partial charge in [0.2, 0.25) is 0 Å². The van der Waals surface area contributed by atoms with Crippen LogP contribution in [-0.2, 0) is 19.9 Å². The van der Waals surface area contributed by atoms with E-state index >= 15 is 0 Å². The average Bonchev–Trinajstić information content (AvgIpc) is 2.88. The quantitative estimate of drug-likeness (QED) is 0.791.